The second-order valence-electron chi connectivity index (χ2n) is 18.6. The van der Waals surface area contributed by atoms with E-state index in [4.69, 9.17) is 0 Å². The van der Waals surface area contributed by atoms with Crippen LogP contribution in [-0.2, 0) is 0 Å². The van der Waals surface area contributed by atoms with E-state index in [1.807, 2.05) is 0 Å². The average Bonchev–Trinajstić information content (AvgIpc) is 3.16. The normalized spacial score (nSPS) is 11.5. The van der Waals surface area contributed by atoms with Crippen molar-refractivity contribution in [2.24, 2.45) is 21.7 Å². The third-order valence-corrected chi connectivity index (χ3v) is 8.30. The molecule has 0 heterocycles. The van der Waals surface area contributed by atoms with Gasteiger partial charge in [0.15, 0.2) is 46.5 Å². The van der Waals surface area contributed by atoms with Crippen LogP contribution in [0.1, 0.15) is 105 Å². The van der Waals surface area contributed by atoms with Crippen molar-refractivity contribution in [3.8, 4) is 47.4 Å². The zero-order chi connectivity index (χ0) is 46.9. The van der Waals surface area contributed by atoms with Crippen LogP contribution in [-0.4, -0.2) is 0 Å². The van der Waals surface area contributed by atoms with Crippen LogP contribution in [0.15, 0.2) is 48.5 Å². The van der Waals surface area contributed by atoms with Crippen LogP contribution in [0.25, 0.3) is 32.3 Å². The summed E-state index contributed by atoms with van der Waals surface area (Å²) in [4.78, 5) is 0. The second-order valence-corrected chi connectivity index (χ2v) is 18.6. The number of halogens is 10. The summed E-state index contributed by atoms with van der Waals surface area (Å²) in [7, 11) is 0. The van der Waals surface area contributed by atoms with Crippen molar-refractivity contribution in [1.82, 2.24) is 0 Å². The van der Waals surface area contributed by atoms with Crippen molar-refractivity contribution in [1.29, 1.82) is 0 Å². The lowest BCUT2D eigenvalue weighted by Crippen LogP contribution is -2.01. The fraction of sp³-hybridized carbons (Fsp3) is 0.308. The molecule has 0 aliphatic rings. The van der Waals surface area contributed by atoms with Gasteiger partial charge in [-0.05, 0) is 128 Å². The molecule has 0 aliphatic carbocycles. The zero-order valence-corrected chi connectivity index (χ0v) is 36.4. The Bertz CT molecular complexity index is 2570. The van der Waals surface area contributed by atoms with Crippen molar-refractivity contribution in [3.63, 3.8) is 0 Å². The van der Waals surface area contributed by atoms with E-state index in [-0.39, 0.29) is 33.8 Å². The Balaban J connectivity index is 0.000000310. The Morgan fingerprint density at radius 3 is 0.661 bits per heavy atom. The predicted molar refractivity (Wildman–Crippen MR) is 228 cm³/mol. The molecule has 6 aromatic carbocycles. The summed E-state index contributed by atoms with van der Waals surface area (Å²) >= 11 is 0. The Morgan fingerprint density at radius 2 is 0.484 bits per heavy atom. The van der Waals surface area contributed by atoms with Gasteiger partial charge in [0.1, 0.15) is 0 Å². The Kier molecular flexibility index (Phi) is 14.2. The van der Waals surface area contributed by atoms with Gasteiger partial charge in [-0.25, -0.2) is 43.9 Å². The van der Waals surface area contributed by atoms with Crippen molar-refractivity contribution in [3.05, 3.63) is 129 Å². The summed E-state index contributed by atoms with van der Waals surface area (Å²) in [5.74, 6) is 8.64. The first-order chi connectivity index (χ1) is 28.4. The first kappa shape index (κ1) is 48.6. The molecule has 6 aromatic rings. The monoisotopic (exact) mass is 858 g/mol. The van der Waals surface area contributed by atoms with Crippen LogP contribution >= 0.6 is 0 Å². The highest BCUT2D eigenvalue weighted by molar-refractivity contribution is 6.26. The van der Waals surface area contributed by atoms with Gasteiger partial charge in [0.05, 0.1) is 0 Å². The van der Waals surface area contributed by atoms with Crippen LogP contribution in [0.3, 0.4) is 0 Å². The molecular weight excluding hydrogens is 815 g/mol. The highest BCUT2D eigenvalue weighted by atomic mass is 19.2. The first-order valence-electron chi connectivity index (χ1n) is 19.3. The molecule has 0 nitrogen and oxygen atoms in total. The van der Waals surface area contributed by atoms with Gasteiger partial charge in [-0.15, -0.1) is 0 Å². The van der Waals surface area contributed by atoms with Gasteiger partial charge in [-0.3, -0.25) is 0 Å². The third-order valence-electron chi connectivity index (χ3n) is 8.30. The number of rotatable bonds is 0. The third kappa shape index (κ3) is 12.0. The fourth-order valence-corrected chi connectivity index (χ4v) is 5.51. The van der Waals surface area contributed by atoms with Gasteiger partial charge < -0.3 is 0 Å². The molecule has 0 fully saturated rings. The van der Waals surface area contributed by atoms with Gasteiger partial charge in [0, 0.05) is 56.0 Å². The van der Waals surface area contributed by atoms with E-state index in [0.29, 0.717) is 0 Å². The lowest BCUT2D eigenvalue weighted by atomic mass is 9.85. The van der Waals surface area contributed by atoms with Crippen LogP contribution in [0.2, 0.25) is 0 Å². The maximum absolute atomic E-state index is 12.0. The average molecular weight is 859 g/mol. The lowest BCUT2D eigenvalue weighted by molar-refractivity contribution is 0.378. The molecule has 0 atom stereocenters. The fourth-order valence-electron chi connectivity index (χ4n) is 5.51. The van der Waals surface area contributed by atoms with E-state index in [9.17, 15) is 43.9 Å². The van der Waals surface area contributed by atoms with E-state index in [1.165, 1.54) is 10.8 Å². The molecule has 0 N–H and O–H groups in total. The minimum atomic E-state index is -2.14. The summed E-state index contributed by atoms with van der Waals surface area (Å²) < 4.78 is 120. The van der Waals surface area contributed by atoms with E-state index in [2.05, 4.69) is 167 Å². The highest BCUT2D eigenvalue weighted by Crippen LogP contribution is 2.40. The smallest absolute Gasteiger partial charge is 0.200 e. The Hall–Kier alpha value is -6.10. The summed E-state index contributed by atoms with van der Waals surface area (Å²) in [6.07, 6.45) is 0. The van der Waals surface area contributed by atoms with E-state index in [0.717, 1.165) is 43.8 Å². The molecule has 322 valence electrons. The summed E-state index contributed by atoms with van der Waals surface area (Å²) in [5.41, 5.74) is 3.65. The van der Waals surface area contributed by atoms with Gasteiger partial charge in [0.25, 0.3) is 0 Å². The van der Waals surface area contributed by atoms with Crippen LogP contribution in [0, 0.1) is 127 Å². The Labute approximate surface area is 356 Å². The molecule has 6 rings (SSSR count). The molecular formula is C52H44F10. The standard InChI is InChI=1S/C40H42.2C6HF5/c1-37(2,3)21-17-27-25-28(18-22-38(4,5)6)32-15-16-34-30(20-24-40(10,11)12)26-29(19-23-39(7,8)9)33-14-13-31(27)35(32)36(33)34;2*7-2-1-3(8)5(10)6(11)4(2)9/h13-16,25-26H,1-12H3;2*1H. The molecule has 62 heavy (non-hydrogen) atoms. The molecule has 10 heteroatoms. The molecule has 0 saturated heterocycles. The number of benzene rings is 6. The van der Waals surface area contributed by atoms with Gasteiger partial charge in [-0.2, -0.15) is 0 Å². The van der Waals surface area contributed by atoms with Gasteiger partial charge in [0.2, 0.25) is 11.6 Å². The van der Waals surface area contributed by atoms with Crippen molar-refractivity contribution >= 4 is 32.3 Å². The van der Waals surface area contributed by atoms with Crippen molar-refractivity contribution in [2.75, 3.05) is 0 Å². The maximum Gasteiger partial charge on any atom is 0.200 e. The summed E-state index contributed by atoms with van der Waals surface area (Å²) in [5, 5.41) is 7.02. The van der Waals surface area contributed by atoms with Crippen LogP contribution < -0.4 is 0 Å². The molecule has 0 saturated carbocycles. The molecule has 0 unspecified atom stereocenters. The maximum atomic E-state index is 12.0. The Morgan fingerprint density at radius 1 is 0.290 bits per heavy atom. The first-order valence-corrected chi connectivity index (χ1v) is 19.3. The molecule has 0 aromatic heterocycles. The van der Waals surface area contributed by atoms with Crippen molar-refractivity contribution < 1.29 is 43.9 Å². The highest BCUT2D eigenvalue weighted by Gasteiger charge is 2.21. The quantitative estimate of drug-likeness (QED) is 0.0469. The minimum absolute atomic E-state index is 0.0618. The second kappa shape index (κ2) is 18.1. The molecule has 0 bridgehead atoms. The van der Waals surface area contributed by atoms with Crippen molar-refractivity contribution in [2.45, 2.75) is 83.1 Å². The van der Waals surface area contributed by atoms with Crippen LogP contribution in [0.5, 0.6) is 0 Å². The van der Waals surface area contributed by atoms with Gasteiger partial charge in [-0.1, -0.05) is 71.6 Å². The minimum Gasteiger partial charge on any atom is -0.204 e. The summed E-state index contributed by atoms with van der Waals surface area (Å²) in [6, 6.07) is 13.1. The largest absolute Gasteiger partial charge is 0.204 e. The van der Waals surface area contributed by atoms with Crippen LogP contribution in [0.4, 0.5) is 43.9 Å². The van der Waals surface area contributed by atoms with E-state index >= 15 is 0 Å². The number of hydrogen-bond donors (Lipinski definition) is 0. The predicted octanol–water partition coefficient (Wildman–Crippen LogP) is 14.9. The lowest BCUT2D eigenvalue weighted by Gasteiger charge is -2.17. The van der Waals surface area contributed by atoms with Gasteiger partial charge >= 0.3 is 0 Å². The number of hydrogen-bond acceptors (Lipinski definition) is 0. The zero-order valence-electron chi connectivity index (χ0n) is 36.4. The van der Waals surface area contributed by atoms with E-state index in [1.54, 1.807) is 0 Å². The summed E-state index contributed by atoms with van der Waals surface area (Å²) in [6.45, 7) is 25.8. The molecule has 0 radical (unpaired) electrons. The topological polar surface area (TPSA) is 0 Å². The van der Waals surface area contributed by atoms with E-state index < -0.39 is 58.2 Å². The SMILES string of the molecule is CC(C)(C)C#Cc1cc(C#CC(C)(C)C)c2ccc3c(C#CC(C)(C)C)cc(C#CC(C)(C)C)c4ccc1c2c43.Fc1cc(F)c(F)c(F)c1F.Fc1cc(F)c(F)c(F)c1F. The molecule has 0 spiro atoms. The molecule has 0 aliphatic heterocycles. The molecule has 0 amide bonds.